The highest BCUT2D eigenvalue weighted by Gasteiger charge is 2.15. The average Bonchev–Trinajstić information content (AvgIpc) is 3.16. The molecule has 0 aliphatic rings. The summed E-state index contributed by atoms with van der Waals surface area (Å²) in [7, 11) is 0. The number of thioether (sulfide) groups is 1. The third-order valence-electron chi connectivity index (χ3n) is 4.26. The van der Waals surface area contributed by atoms with Crippen LogP contribution in [0.4, 0.5) is 5.69 Å². The number of benzene rings is 2. The van der Waals surface area contributed by atoms with Gasteiger partial charge in [-0.2, -0.15) is 0 Å². The maximum absolute atomic E-state index is 12.4. The number of halogens is 2. The molecule has 3 aromatic rings. The van der Waals surface area contributed by atoms with Gasteiger partial charge in [-0.25, -0.2) is 0 Å². The first-order valence-corrected chi connectivity index (χ1v) is 11.7. The minimum Gasteiger partial charge on any atom is -0.493 e. The fraction of sp³-hybridized carbons (Fsp3) is 0.318. The van der Waals surface area contributed by atoms with Crippen LogP contribution in [0, 0.1) is 5.92 Å². The van der Waals surface area contributed by atoms with Crippen LogP contribution in [0.3, 0.4) is 0 Å². The van der Waals surface area contributed by atoms with Gasteiger partial charge in [-0.1, -0.05) is 48.8 Å². The highest BCUT2D eigenvalue weighted by molar-refractivity contribution is 7.99. The molecule has 1 aromatic heterocycles. The van der Waals surface area contributed by atoms with Crippen molar-refractivity contribution in [2.75, 3.05) is 17.7 Å². The summed E-state index contributed by atoms with van der Waals surface area (Å²) in [5, 5.41) is 13.0. The van der Waals surface area contributed by atoms with Crippen LogP contribution in [-0.4, -0.2) is 33.0 Å². The Bertz CT molecular complexity index is 1040. The van der Waals surface area contributed by atoms with Gasteiger partial charge in [0.15, 0.2) is 11.0 Å². The Labute approximate surface area is 196 Å². The maximum Gasteiger partial charge on any atom is 0.234 e. The monoisotopic (exact) mass is 478 g/mol. The van der Waals surface area contributed by atoms with Gasteiger partial charge in [0.05, 0.1) is 23.1 Å². The molecule has 1 N–H and O–H groups in total. The molecule has 0 saturated heterocycles. The fourth-order valence-corrected chi connectivity index (χ4v) is 3.91. The van der Waals surface area contributed by atoms with Crippen molar-refractivity contribution < 1.29 is 9.53 Å². The largest absolute Gasteiger partial charge is 0.493 e. The number of nitrogens with one attached hydrogen (secondary N) is 1. The van der Waals surface area contributed by atoms with Crippen molar-refractivity contribution in [1.29, 1.82) is 0 Å². The summed E-state index contributed by atoms with van der Waals surface area (Å²) in [4.78, 5) is 12.4. The molecule has 0 fully saturated rings. The number of ether oxygens (including phenoxy) is 1. The zero-order valence-electron chi connectivity index (χ0n) is 17.6. The van der Waals surface area contributed by atoms with E-state index in [-0.39, 0.29) is 11.7 Å². The summed E-state index contributed by atoms with van der Waals surface area (Å²) in [5.41, 5.74) is 1.42. The molecule has 0 aliphatic heterocycles. The van der Waals surface area contributed by atoms with Gasteiger partial charge in [0.25, 0.3) is 0 Å². The molecule has 164 valence electrons. The number of nitrogens with zero attached hydrogens (tertiary/aromatic N) is 3. The van der Waals surface area contributed by atoms with Crippen molar-refractivity contribution >= 4 is 46.6 Å². The van der Waals surface area contributed by atoms with Crippen molar-refractivity contribution in [3.05, 3.63) is 52.5 Å². The Morgan fingerprint density at radius 1 is 1.16 bits per heavy atom. The number of hydrogen-bond donors (Lipinski definition) is 1. The zero-order chi connectivity index (χ0) is 22.4. The van der Waals surface area contributed by atoms with Crippen LogP contribution in [-0.2, 0) is 11.3 Å². The Kier molecular flexibility index (Phi) is 8.23. The Balaban J connectivity index is 1.66. The van der Waals surface area contributed by atoms with E-state index in [9.17, 15) is 4.79 Å². The number of hydrogen-bond acceptors (Lipinski definition) is 5. The third kappa shape index (κ3) is 6.38. The van der Waals surface area contributed by atoms with Crippen LogP contribution in [0.15, 0.2) is 47.6 Å². The predicted molar refractivity (Wildman–Crippen MR) is 127 cm³/mol. The average molecular weight is 479 g/mol. The van der Waals surface area contributed by atoms with Crippen molar-refractivity contribution in [3.63, 3.8) is 0 Å². The molecule has 0 aliphatic carbocycles. The normalized spacial score (nSPS) is 11.0. The van der Waals surface area contributed by atoms with Gasteiger partial charge in [-0.15, -0.1) is 10.2 Å². The van der Waals surface area contributed by atoms with Crippen molar-refractivity contribution in [1.82, 2.24) is 14.8 Å². The highest BCUT2D eigenvalue weighted by atomic mass is 35.5. The van der Waals surface area contributed by atoms with E-state index in [4.69, 9.17) is 27.9 Å². The summed E-state index contributed by atoms with van der Waals surface area (Å²) >= 11 is 13.4. The van der Waals surface area contributed by atoms with E-state index in [0.29, 0.717) is 40.0 Å². The lowest BCUT2D eigenvalue weighted by Crippen LogP contribution is -2.15. The van der Waals surface area contributed by atoms with E-state index in [1.165, 1.54) is 11.8 Å². The molecule has 0 spiro atoms. The van der Waals surface area contributed by atoms with Crippen LogP contribution in [0.5, 0.6) is 5.75 Å². The Morgan fingerprint density at radius 2 is 1.90 bits per heavy atom. The van der Waals surface area contributed by atoms with E-state index >= 15 is 0 Å². The summed E-state index contributed by atoms with van der Waals surface area (Å²) in [6.07, 6.45) is 0. The van der Waals surface area contributed by atoms with Crippen molar-refractivity contribution in [2.45, 2.75) is 32.5 Å². The molecule has 1 amide bonds. The molecule has 6 nitrogen and oxygen atoms in total. The highest BCUT2D eigenvalue weighted by Crippen LogP contribution is 2.28. The van der Waals surface area contributed by atoms with E-state index in [0.717, 1.165) is 17.1 Å². The van der Waals surface area contributed by atoms with Crippen molar-refractivity contribution in [3.8, 4) is 17.1 Å². The predicted octanol–water partition coefficient (Wildman–Crippen LogP) is 6.04. The zero-order valence-corrected chi connectivity index (χ0v) is 19.9. The summed E-state index contributed by atoms with van der Waals surface area (Å²) < 4.78 is 7.72. The van der Waals surface area contributed by atoms with Crippen LogP contribution < -0.4 is 10.1 Å². The molecule has 0 saturated carbocycles. The molecule has 0 unspecified atom stereocenters. The van der Waals surface area contributed by atoms with Gasteiger partial charge in [0, 0.05) is 17.1 Å². The third-order valence-corrected chi connectivity index (χ3v) is 5.80. The van der Waals surface area contributed by atoms with Crippen LogP contribution in [0.25, 0.3) is 11.4 Å². The molecule has 3 rings (SSSR count). The minimum atomic E-state index is -0.201. The number of carbonyl (C=O) groups excluding carboxylic acids is 1. The fourth-order valence-electron chi connectivity index (χ4n) is 2.77. The molecule has 9 heteroatoms. The first-order valence-electron chi connectivity index (χ1n) is 9.91. The van der Waals surface area contributed by atoms with E-state index in [1.54, 1.807) is 18.2 Å². The maximum atomic E-state index is 12.4. The lowest BCUT2D eigenvalue weighted by Gasteiger charge is -2.10. The summed E-state index contributed by atoms with van der Waals surface area (Å²) in [6, 6.07) is 12.7. The first kappa shape index (κ1) is 23.4. The van der Waals surface area contributed by atoms with Crippen LogP contribution >= 0.6 is 35.0 Å². The molecule has 0 bridgehead atoms. The molecule has 1 heterocycles. The van der Waals surface area contributed by atoms with Crippen LogP contribution in [0.1, 0.15) is 20.8 Å². The molecule has 2 aromatic carbocycles. The first-order chi connectivity index (χ1) is 14.9. The number of carbonyl (C=O) groups is 1. The molecule has 31 heavy (non-hydrogen) atoms. The Morgan fingerprint density at radius 3 is 2.58 bits per heavy atom. The second-order valence-corrected chi connectivity index (χ2v) is 9.03. The number of rotatable bonds is 9. The van der Waals surface area contributed by atoms with Crippen LogP contribution in [0.2, 0.25) is 10.0 Å². The molecular weight excluding hydrogens is 455 g/mol. The second-order valence-electron chi connectivity index (χ2n) is 7.24. The van der Waals surface area contributed by atoms with Gasteiger partial charge < -0.3 is 14.6 Å². The quantitative estimate of drug-likeness (QED) is 0.379. The molecule has 0 radical (unpaired) electrons. The summed E-state index contributed by atoms with van der Waals surface area (Å²) in [6.45, 7) is 7.59. The van der Waals surface area contributed by atoms with Gasteiger partial charge in [-0.05, 0) is 55.3 Å². The number of aromatic nitrogens is 3. The molecule has 0 atom stereocenters. The Hall–Kier alpha value is -2.22. The van der Waals surface area contributed by atoms with E-state index < -0.39 is 0 Å². The smallest absolute Gasteiger partial charge is 0.234 e. The number of anilines is 1. The van der Waals surface area contributed by atoms with Gasteiger partial charge in [0.1, 0.15) is 5.75 Å². The minimum absolute atomic E-state index is 0.170. The van der Waals surface area contributed by atoms with Gasteiger partial charge in [0.2, 0.25) is 5.91 Å². The number of amides is 1. The lowest BCUT2D eigenvalue weighted by molar-refractivity contribution is -0.113. The van der Waals surface area contributed by atoms with Crippen molar-refractivity contribution in [2.24, 2.45) is 5.92 Å². The standard InChI is InChI=1S/C22H24Cl2N4O2S/c1-4-28-21(15-5-8-17(9-6-15)30-12-14(2)3)26-27-22(28)31-13-20(29)25-19-11-16(23)7-10-18(19)24/h5-11,14H,4,12-13H2,1-3H3,(H,25,29). The molecular formula is C22H24Cl2N4O2S. The van der Waals surface area contributed by atoms with E-state index in [2.05, 4.69) is 29.4 Å². The van der Waals surface area contributed by atoms with E-state index in [1.807, 2.05) is 35.8 Å². The lowest BCUT2D eigenvalue weighted by atomic mass is 10.2. The summed E-state index contributed by atoms with van der Waals surface area (Å²) in [5.74, 6) is 2.01. The topological polar surface area (TPSA) is 69.0 Å². The second kappa shape index (κ2) is 10.9. The SMILES string of the molecule is CCn1c(SCC(=O)Nc2cc(Cl)ccc2Cl)nnc1-c1ccc(OCC(C)C)cc1. The van der Waals surface area contributed by atoms with Gasteiger partial charge in [-0.3, -0.25) is 4.79 Å². The van der Waals surface area contributed by atoms with Gasteiger partial charge >= 0.3 is 0 Å².